The molecule has 0 amide bonds. The fourth-order valence-corrected chi connectivity index (χ4v) is 12.0. The van der Waals surface area contributed by atoms with Crippen LogP contribution < -0.4 is 0 Å². The van der Waals surface area contributed by atoms with E-state index < -0.39 is 0 Å². The summed E-state index contributed by atoms with van der Waals surface area (Å²) < 4.78 is 0. The van der Waals surface area contributed by atoms with Crippen LogP contribution in [0.1, 0.15) is 49.9 Å². The van der Waals surface area contributed by atoms with Crippen molar-refractivity contribution < 1.29 is 0 Å². The Bertz CT molecular complexity index is 3400. The standard InChI is InChI=1S/C64H46/c1-63(2)55-27-15-13-17-43(55)45-35-33-41(37-57(45)63)61-51-23-9-5-19-47(51)59(48-20-6-10-24-52(48)61)39-29-31-40(32-30-39)60-49-21-7-11-25-53(49)62(54-26-12-8-22-50(54)60)42-34-36-46-44-18-14-16-28-56(44)64(3,4)58(46)38-42/h5-38H,1-4H3. The molecule has 0 radical (unpaired) electrons. The topological polar surface area (TPSA) is 0 Å². The number of fused-ring (bicyclic) bond motifs is 10. The summed E-state index contributed by atoms with van der Waals surface area (Å²) in [6.07, 6.45) is 0. The molecular formula is C64H46. The van der Waals surface area contributed by atoms with Crippen LogP contribution in [0.4, 0.5) is 0 Å². The van der Waals surface area contributed by atoms with Gasteiger partial charge in [-0.2, -0.15) is 0 Å². The first-order valence-electron chi connectivity index (χ1n) is 22.8. The van der Waals surface area contributed by atoms with E-state index in [2.05, 4.69) is 234 Å². The first-order chi connectivity index (χ1) is 31.3. The predicted octanol–water partition coefficient (Wildman–Crippen LogP) is 17.6. The van der Waals surface area contributed by atoms with Gasteiger partial charge in [0.15, 0.2) is 0 Å². The van der Waals surface area contributed by atoms with Crippen LogP contribution in [-0.2, 0) is 10.8 Å². The first-order valence-corrected chi connectivity index (χ1v) is 22.8. The number of rotatable bonds is 4. The van der Waals surface area contributed by atoms with Gasteiger partial charge < -0.3 is 0 Å². The van der Waals surface area contributed by atoms with Crippen LogP contribution in [0.5, 0.6) is 0 Å². The van der Waals surface area contributed by atoms with Gasteiger partial charge in [0.1, 0.15) is 0 Å². The lowest BCUT2D eigenvalue weighted by atomic mass is 9.80. The molecule has 0 aliphatic heterocycles. The van der Waals surface area contributed by atoms with Crippen LogP contribution >= 0.6 is 0 Å². The fourth-order valence-electron chi connectivity index (χ4n) is 12.0. The summed E-state index contributed by atoms with van der Waals surface area (Å²) >= 11 is 0. The molecule has 0 bridgehead atoms. The van der Waals surface area contributed by atoms with E-state index in [0.29, 0.717) is 0 Å². The quantitative estimate of drug-likeness (QED) is 0.155. The average molecular weight is 815 g/mol. The van der Waals surface area contributed by atoms with E-state index in [1.807, 2.05) is 0 Å². The number of hydrogen-bond acceptors (Lipinski definition) is 0. The molecule has 0 heterocycles. The maximum atomic E-state index is 2.47. The number of hydrogen-bond donors (Lipinski definition) is 0. The Morgan fingerprint density at radius 2 is 0.453 bits per heavy atom. The molecule has 0 saturated heterocycles. The van der Waals surface area contributed by atoms with Gasteiger partial charge in [0, 0.05) is 10.8 Å². The van der Waals surface area contributed by atoms with E-state index >= 15 is 0 Å². The lowest BCUT2D eigenvalue weighted by molar-refractivity contribution is 0.660. The second kappa shape index (κ2) is 13.5. The van der Waals surface area contributed by atoms with Crippen molar-refractivity contribution >= 4 is 43.1 Å². The summed E-state index contributed by atoms with van der Waals surface area (Å²) in [6, 6.07) is 77.8. The fraction of sp³-hybridized carbons (Fsp3) is 0.0938. The average Bonchev–Trinajstić information content (AvgIpc) is 3.71. The van der Waals surface area contributed by atoms with Gasteiger partial charge in [-0.25, -0.2) is 0 Å². The first kappa shape index (κ1) is 37.1. The summed E-state index contributed by atoms with van der Waals surface area (Å²) in [5.41, 5.74) is 21.0. The Kier molecular flexibility index (Phi) is 7.80. The van der Waals surface area contributed by atoms with E-state index in [1.165, 1.54) is 132 Å². The highest BCUT2D eigenvalue weighted by molar-refractivity contribution is 6.23. The highest BCUT2D eigenvalue weighted by Crippen LogP contribution is 2.53. The van der Waals surface area contributed by atoms with Crippen LogP contribution in [0.2, 0.25) is 0 Å². The van der Waals surface area contributed by atoms with Crippen LogP contribution in [-0.4, -0.2) is 0 Å². The van der Waals surface area contributed by atoms with Gasteiger partial charge >= 0.3 is 0 Å². The molecule has 11 aromatic carbocycles. The monoisotopic (exact) mass is 814 g/mol. The zero-order chi connectivity index (χ0) is 42.9. The van der Waals surface area contributed by atoms with E-state index in [9.17, 15) is 0 Å². The number of benzene rings is 11. The van der Waals surface area contributed by atoms with Crippen molar-refractivity contribution in [3.05, 3.63) is 229 Å². The molecule has 2 aliphatic rings. The summed E-state index contributed by atoms with van der Waals surface area (Å²) in [5.74, 6) is 0. The van der Waals surface area contributed by atoms with E-state index in [1.54, 1.807) is 0 Å². The Morgan fingerprint density at radius 1 is 0.219 bits per heavy atom. The van der Waals surface area contributed by atoms with Crippen molar-refractivity contribution in [2.45, 2.75) is 38.5 Å². The van der Waals surface area contributed by atoms with Crippen molar-refractivity contribution in [2.75, 3.05) is 0 Å². The summed E-state index contributed by atoms with van der Waals surface area (Å²) in [6.45, 7) is 9.49. The molecule has 0 fully saturated rings. The molecule has 0 aromatic heterocycles. The van der Waals surface area contributed by atoms with Gasteiger partial charge in [-0.05, 0) is 144 Å². The Balaban J connectivity index is 0.967. The molecule has 0 saturated carbocycles. The van der Waals surface area contributed by atoms with Gasteiger partial charge in [0.05, 0.1) is 0 Å². The van der Waals surface area contributed by atoms with Crippen molar-refractivity contribution in [3.8, 4) is 66.8 Å². The lowest BCUT2D eigenvalue weighted by Crippen LogP contribution is -2.14. The van der Waals surface area contributed by atoms with Crippen LogP contribution in [0.3, 0.4) is 0 Å². The molecule has 0 atom stereocenters. The van der Waals surface area contributed by atoms with Crippen LogP contribution in [0.15, 0.2) is 206 Å². The Hall–Kier alpha value is -7.54. The minimum Gasteiger partial charge on any atom is -0.0619 e. The molecule has 302 valence electrons. The molecule has 64 heavy (non-hydrogen) atoms. The SMILES string of the molecule is CC1(C)c2ccccc2-c2ccc(-c3c4ccccc4c(-c4ccc(-c5c6ccccc6c(-c6ccc7c(c6)C(C)(C)c6ccccc6-7)c6ccccc56)cc4)c4ccccc34)cc21. The molecule has 0 spiro atoms. The van der Waals surface area contributed by atoms with E-state index in [-0.39, 0.29) is 10.8 Å². The molecular weight excluding hydrogens is 769 g/mol. The van der Waals surface area contributed by atoms with Crippen molar-refractivity contribution in [1.82, 2.24) is 0 Å². The maximum Gasteiger partial charge on any atom is 0.0159 e. The zero-order valence-electron chi connectivity index (χ0n) is 36.6. The molecule has 0 nitrogen and oxygen atoms in total. The minimum absolute atomic E-state index is 0.0712. The smallest absolute Gasteiger partial charge is 0.0159 e. The third kappa shape index (κ3) is 5.11. The second-order valence-corrected chi connectivity index (χ2v) is 19.1. The molecule has 0 N–H and O–H groups in total. The highest BCUT2D eigenvalue weighted by atomic mass is 14.4. The van der Waals surface area contributed by atoms with Crippen LogP contribution in [0, 0.1) is 0 Å². The molecule has 0 heteroatoms. The van der Waals surface area contributed by atoms with Crippen LogP contribution in [0.25, 0.3) is 110 Å². The molecule has 11 aromatic rings. The molecule has 2 aliphatic carbocycles. The minimum atomic E-state index is -0.0712. The predicted molar refractivity (Wildman–Crippen MR) is 273 cm³/mol. The lowest BCUT2D eigenvalue weighted by Gasteiger charge is -2.23. The van der Waals surface area contributed by atoms with Gasteiger partial charge in [0.2, 0.25) is 0 Å². The Labute approximate surface area is 375 Å². The highest BCUT2D eigenvalue weighted by Gasteiger charge is 2.37. The van der Waals surface area contributed by atoms with Crippen molar-refractivity contribution in [3.63, 3.8) is 0 Å². The maximum absolute atomic E-state index is 2.47. The second-order valence-electron chi connectivity index (χ2n) is 19.1. The van der Waals surface area contributed by atoms with Gasteiger partial charge in [-0.15, -0.1) is 0 Å². The van der Waals surface area contributed by atoms with E-state index in [4.69, 9.17) is 0 Å². The normalized spacial score (nSPS) is 14.2. The molecule has 0 unspecified atom stereocenters. The van der Waals surface area contributed by atoms with Gasteiger partial charge in [0.25, 0.3) is 0 Å². The van der Waals surface area contributed by atoms with Crippen molar-refractivity contribution in [1.29, 1.82) is 0 Å². The summed E-state index contributed by atoms with van der Waals surface area (Å²) in [5, 5.41) is 10.2. The van der Waals surface area contributed by atoms with Gasteiger partial charge in [-0.1, -0.05) is 222 Å². The van der Waals surface area contributed by atoms with E-state index in [0.717, 1.165) is 0 Å². The van der Waals surface area contributed by atoms with Crippen molar-refractivity contribution in [2.24, 2.45) is 0 Å². The summed E-state index contributed by atoms with van der Waals surface area (Å²) in [4.78, 5) is 0. The zero-order valence-corrected chi connectivity index (χ0v) is 36.6. The third-order valence-corrected chi connectivity index (χ3v) is 15.1. The molecule has 13 rings (SSSR count). The summed E-state index contributed by atoms with van der Waals surface area (Å²) in [7, 11) is 0. The van der Waals surface area contributed by atoms with Gasteiger partial charge in [-0.3, -0.25) is 0 Å². The third-order valence-electron chi connectivity index (χ3n) is 15.1. The Morgan fingerprint density at radius 3 is 0.766 bits per heavy atom. The largest absolute Gasteiger partial charge is 0.0619 e.